The summed E-state index contributed by atoms with van der Waals surface area (Å²) in [6.45, 7) is 12.0. The molecule has 0 spiro atoms. The zero-order chi connectivity index (χ0) is 28.5. The van der Waals surface area contributed by atoms with Crippen LogP contribution in [0.3, 0.4) is 0 Å². The number of urea groups is 1. The molecule has 2 amide bonds. The van der Waals surface area contributed by atoms with E-state index < -0.39 is 14.8 Å². The van der Waals surface area contributed by atoms with Crippen LogP contribution in [-0.2, 0) is 17.5 Å². The number of carbonyl (C=O) groups is 1. The third-order valence-electron chi connectivity index (χ3n) is 7.97. The lowest BCUT2D eigenvalue weighted by Crippen LogP contribution is -2.49. The summed E-state index contributed by atoms with van der Waals surface area (Å²) in [5.74, 6) is 1.76. The van der Waals surface area contributed by atoms with Gasteiger partial charge in [0.2, 0.25) is 15.0 Å². The summed E-state index contributed by atoms with van der Waals surface area (Å²) >= 11 is 6.52. The molecule has 9 heteroatoms. The van der Waals surface area contributed by atoms with Crippen LogP contribution in [0.1, 0.15) is 57.6 Å². The highest BCUT2D eigenvalue weighted by molar-refractivity contribution is 6.48. The number of rotatable bonds is 7. The van der Waals surface area contributed by atoms with Crippen molar-refractivity contribution in [1.82, 2.24) is 9.97 Å². The molecule has 2 heterocycles. The van der Waals surface area contributed by atoms with Crippen molar-refractivity contribution >= 4 is 44.1 Å². The number of nitrogens with zero attached hydrogens (tertiary/aromatic N) is 4. The molecule has 3 aromatic rings. The van der Waals surface area contributed by atoms with Crippen LogP contribution in [0.15, 0.2) is 60.8 Å². The van der Waals surface area contributed by atoms with E-state index >= 15 is 0 Å². The van der Waals surface area contributed by atoms with Gasteiger partial charge in [0.05, 0.1) is 23.8 Å². The van der Waals surface area contributed by atoms with E-state index in [-0.39, 0.29) is 11.4 Å². The van der Waals surface area contributed by atoms with Crippen molar-refractivity contribution < 1.29 is 9.22 Å². The first-order chi connectivity index (χ1) is 19.0. The lowest BCUT2D eigenvalue weighted by molar-refractivity contribution is 0.0169. The number of nitrogens with one attached hydrogen (secondary N) is 1. The Morgan fingerprint density at radius 1 is 1.07 bits per heavy atom. The molecule has 40 heavy (non-hydrogen) atoms. The number of fused-ring (bicyclic) bond motifs is 1. The molecule has 1 aliphatic heterocycles. The quantitative estimate of drug-likeness (QED) is 0.229. The summed E-state index contributed by atoms with van der Waals surface area (Å²) in [6, 6.07) is 17.2. The normalized spacial score (nSPS) is 21.5. The first-order valence-electron chi connectivity index (χ1n) is 14.1. The molecule has 0 bridgehead atoms. The van der Waals surface area contributed by atoms with Gasteiger partial charge in [0.25, 0.3) is 0 Å². The SMILES string of the molecule is C[Si](C)OC1(Nc2ncc3c(n2)N(Cc2ccccc2)C(=O)N(c2ccccc2Cl)C3)CCC(C(C)(C)C)CC1. The first-order valence-corrected chi connectivity index (χ1v) is 16.8. The van der Waals surface area contributed by atoms with E-state index in [1.165, 1.54) is 0 Å². The minimum Gasteiger partial charge on any atom is -0.395 e. The second-order valence-corrected chi connectivity index (χ2v) is 14.6. The Morgan fingerprint density at radius 2 is 1.75 bits per heavy atom. The molecule has 0 saturated heterocycles. The van der Waals surface area contributed by atoms with E-state index in [9.17, 15) is 4.79 Å². The highest BCUT2D eigenvalue weighted by Gasteiger charge is 2.41. The van der Waals surface area contributed by atoms with Crippen LogP contribution in [0.4, 0.5) is 22.2 Å². The van der Waals surface area contributed by atoms with Gasteiger partial charge in [-0.15, -0.1) is 0 Å². The number of halogens is 1. The topological polar surface area (TPSA) is 70.6 Å². The maximum Gasteiger partial charge on any atom is 0.330 e. The maximum absolute atomic E-state index is 14.0. The molecule has 2 aliphatic rings. The van der Waals surface area contributed by atoms with Crippen molar-refractivity contribution in [1.29, 1.82) is 0 Å². The molecule has 1 saturated carbocycles. The number of hydrogen-bond acceptors (Lipinski definition) is 5. The van der Waals surface area contributed by atoms with Gasteiger partial charge in [-0.05, 0) is 67.8 Å². The van der Waals surface area contributed by atoms with Gasteiger partial charge in [0, 0.05) is 11.8 Å². The van der Waals surface area contributed by atoms with Crippen molar-refractivity contribution in [3.05, 3.63) is 76.9 Å². The Kier molecular flexibility index (Phi) is 8.22. The van der Waals surface area contributed by atoms with Gasteiger partial charge in [0.15, 0.2) is 0 Å². The number of hydrogen-bond donors (Lipinski definition) is 1. The van der Waals surface area contributed by atoms with Gasteiger partial charge in [-0.25, -0.2) is 9.78 Å². The van der Waals surface area contributed by atoms with Gasteiger partial charge < -0.3 is 9.74 Å². The molecule has 1 N–H and O–H groups in total. The Morgan fingerprint density at radius 3 is 2.40 bits per heavy atom. The monoisotopic (exact) mass is 576 g/mol. The number of anilines is 3. The van der Waals surface area contributed by atoms with E-state index in [2.05, 4.69) is 39.2 Å². The molecule has 0 atom stereocenters. The molecule has 1 fully saturated rings. The van der Waals surface area contributed by atoms with E-state index in [0.717, 1.165) is 36.8 Å². The van der Waals surface area contributed by atoms with Crippen molar-refractivity contribution in [2.24, 2.45) is 11.3 Å². The summed E-state index contributed by atoms with van der Waals surface area (Å²) in [4.78, 5) is 27.1. The van der Waals surface area contributed by atoms with Crippen LogP contribution < -0.4 is 15.1 Å². The molecule has 7 nitrogen and oxygen atoms in total. The van der Waals surface area contributed by atoms with Crippen LogP contribution in [0, 0.1) is 11.3 Å². The summed E-state index contributed by atoms with van der Waals surface area (Å²) in [5.41, 5.74) is 2.32. The van der Waals surface area contributed by atoms with Crippen LogP contribution in [0.2, 0.25) is 18.1 Å². The molecule has 0 unspecified atom stereocenters. The fraction of sp³-hybridized carbons (Fsp3) is 0.452. The van der Waals surface area contributed by atoms with Gasteiger partial charge in [-0.2, -0.15) is 4.98 Å². The van der Waals surface area contributed by atoms with Gasteiger partial charge in [0.1, 0.15) is 11.5 Å². The Hall–Kier alpha value is -2.94. The maximum atomic E-state index is 14.0. The zero-order valence-corrected chi connectivity index (χ0v) is 25.8. The summed E-state index contributed by atoms with van der Waals surface area (Å²) < 4.78 is 6.63. The summed E-state index contributed by atoms with van der Waals surface area (Å²) in [6.07, 6.45) is 5.80. The highest BCUT2D eigenvalue weighted by Crippen LogP contribution is 2.43. The van der Waals surface area contributed by atoms with E-state index in [1.54, 1.807) is 15.9 Å². The molecule has 2 aromatic carbocycles. The predicted octanol–water partition coefficient (Wildman–Crippen LogP) is 7.89. The molecule has 1 aromatic heterocycles. The molecular weight excluding hydrogens is 538 g/mol. The number of carbonyl (C=O) groups excluding carboxylic acids is 1. The second-order valence-electron chi connectivity index (χ2n) is 12.2. The smallest absolute Gasteiger partial charge is 0.330 e. The summed E-state index contributed by atoms with van der Waals surface area (Å²) in [5, 5.41) is 4.14. The molecule has 211 valence electrons. The third-order valence-corrected chi connectivity index (χ3v) is 9.09. The Labute approximate surface area is 244 Å². The first kappa shape index (κ1) is 28.6. The number of amides is 2. The molecule has 5 rings (SSSR count). The predicted molar refractivity (Wildman–Crippen MR) is 164 cm³/mol. The van der Waals surface area contributed by atoms with Crippen molar-refractivity contribution in [2.75, 3.05) is 15.1 Å². The third kappa shape index (κ3) is 6.19. The minimum absolute atomic E-state index is 0.168. The van der Waals surface area contributed by atoms with E-state index in [4.69, 9.17) is 26.0 Å². The largest absolute Gasteiger partial charge is 0.395 e. The lowest BCUT2D eigenvalue weighted by atomic mass is 9.70. The number of aromatic nitrogens is 2. The van der Waals surface area contributed by atoms with Crippen LogP contribution in [0.5, 0.6) is 0 Å². The lowest BCUT2D eigenvalue weighted by Gasteiger charge is -2.45. The van der Waals surface area contributed by atoms with Crippen molar-refractivity contribution in [3.63, 3.8) is 0 Å². The van der Waals surface area contributed by atoms with Gasteiger partial charge in [-0.1, -0.05) is 74.8 Å². The van der Waals surface area contributed by atoms with Crippen LogP contribution in [0.25, 0.3) is 0 Å². The highest BCUT2D eigenvalue weighted by atomic mass is 35.5. The Bertz CT molecular complexity index is 1340. The van der Waals surface area contributed by atoms with Gasteiger partial charge in [-0.3, -0.25) is 9.80 Å². The fourth-order valence-electron chi connectivity index (χ4n) is 5.84. The Balaban J connectivity index is 1.48. The zero-order valence-electron chi connectivity index (χ0n) is 24.1. The summed E-state index contributed by atoms with van der Waals surface area (Å²) in [7, 11) is -0.982. The molecule has 1 aliphatic carbocycles. The van der Waals surface area contributed by atoms with E-state index in [0.29, 0.717) is 41.5 Å². The average Bonchev–Trinajstić information content (AvgIpc) is 2.91. The van der Waals surface area contributed by atoms with Crippen LogP contribution in [-0.4, -0.2) is 30.8 Å². The molecule has 1 radical (unpaired) electrons. The fourth-order valence-corrected chi connectivity index (χ4v) is 7.12. The van der Waals surface area contributed by atoms with Crippen molar-refractivity contribution in [2.45, 2.75) is 78.4 Å². The average molecular weight is 577 g/mol. The second kappa shape index (κ2) is 11.5. The van der Waals surface area contributed by atoms with Gasteiger partial charge >= 0.3 is 6.03 Å². The molecular formula is C31H39ClN5O2Si. The number of benzene rings is 2. The standard InChI is InChI=1S/C31H39ClN5O2Si/c1-30(2,3)24-15-17-31(18-16-24,39-40(4)5)35-28-33-19-23-21-36(26-14-10-9-13-25(26)32)29(38)37(27(23)34-28)20-22-11-7-6-8-12-22/h6-14,19,24H,15-18,20-21H2,1-5H3,(H,33,34,35). The van der Waals surface area contributed by atoms with E-state index in [1.807, 2.05) is 54.7 Å². The minimum atomic E-state index is -0.982. The van der Waals surface area contributed by atoms with Crippen LogP contribution >= 0.6 is 11.6 Å². The number of para-hydroxylation sites is 1. The van der Waals surface area contributed by atoms with Crippen molar-refractivity contribution in [3.8, 4) is 0 Å².